The predicted octanol–water partition coefficient (Wildman–Crippen LogP) is 3.29. The Labute approximate surface area is 76.1 Å². The summed E-state index contributed by atoms with van der Waals surface area (Å²) in [6.45, 7) is 3.96. The first-order valence-corrected chi connectivity index (χ1v) is 4.90. The molecule has 1 heterocycles. The van der Waals surface area contributed by atoms with Gasteiger partial charge in [-0.1, -0.05) is 0 Å². The van der Waals surface area contributed by atoms with Gasteiger partial charge < -0.3 is 4.42 Å². The van der Waals surface area contributed by atoms with Gasteiger partial charge in [-0.3, -0.25) is 0 Å². The monoisotopic (exact) mass is 177 g/mol. The van der Waals surface area contributed by atoms with Crippen molar-refractivity contribution in [3.63, 3.8) is 0 Å². The molecule has 1 aliphatic carbocycles. The topological polar surface area (TPSA) is 13.1 Å². The van der Waals surface area contributed by atoms with Crippen molar-refractivity contribution >= 4 is 11.8 Å². The number of thioether (sulfide) groups is 1. The van der Waals surface area contributed by atoms with Crippen molar-refractivity contribution in [2.45, 2.75) is 4.90 Å². The minimum atomic E-state index is 1.07. The summed E-state index contributed by atoms with van der Waals surface area (Å²) in [5.41, 5.74) is 3.42. The zero-order valence-corrected chi connectivity index (χ0v) is 7.65. The third-order valence-corrected chi connectivity index (χ3v) is 2.70. The largest absolute Gasteiger partial charge is 0.472 e. The van der Waals surface area contributed by atoms with Crippen LogP contribution in [-0.4, -0.2) is 6.26 Å². The van der Waals surface area contributed by atoms with E-state index in [-0.39, 0.29) is 0 Å². The summed E-state index contributed by atoms with van der Waals surface area (Å²) in [6, 6.07) is 4.04. The molecular weight excluding hydrogens is 168 g/mol. The Morgan fingerprint density at radius 1 is 1.42 bits per heavy atom. The Bertz CT molecular complexity index is 364. The SMILES string of the molecule is [CH2]c1cc(SC)c2coccc1-2. The molecule has 0 unspecified atom stereocenters. The van der Waals surface area contributed by atoms with Gasteiger partial charge >= 0.3 is 0 Å². The van der Waals surface area contributed by atoms with Gasteiger partial charge in [0.1, 0.15) is 0 Å². The molecule has 0 amide bonds. The number of fused-ring (bicyclic) bond motifs is 1. The third kappa shape index (κ3) is 1.03. The Kier molecular flexibility index (Phi) is 1.85. The molecule has 1 aliphatic heterocycles. The van der Waals surface area contributed by atoms with E-state index < -0.39 is 0 Å². The average Bonchev–Trinajstić information content (AvgIpc) is 2.44. The van der Waals surface area contributed by atoms with E-state index in [0.29, 0.717) is 0 Å². The maximum atomic E-state index is 5.11. The maximum absolute atomic E-state index is 5.11. The van der Waals surface area contributed by atoms with E-state index in [9.17, 15) is 0 Å². The molecule has 0 saturated carbocycles. The lowest BCUT2D eigenvalue weighted by molar-refractivity contribution is 0.551. The molecular formula is C10H9OS. The van der Waals surface area contributed by atoms with Crippen molar-refractivity contribution in [3.05, 3.63) is 37.1 Å². The quantitative estimate of drug-likeness (QED) is 0.620. The van der Waals surface area contributed by atoms with Crippen LogP contribution in [0.3, 0.4) is 0 Å². The molecule has 0 aromatic carbocycles. The van der Waals surface area contributed by atoms with E-state index in [0.717, 1.165) is 11.1 Å². The van der Waals surface area contributed by atoms with Crippen LogP contribution in [0.25, 0.3) is 11.1 Å². The molecule has 1 radical (unpaired) electrons. The van der Waals surface area contributed by atoms with Crippen LogP contribution in [0.1, 0.15) is 5.56 Å². The molecule has 0 aromatic heterocycles. The number of hydrogen-bond donors (Lipinski definition) is 0. The summed E-state index contributed by atoms with van der Waals surface area (Å²) in [4.78, 5) is 1.24. The highest BCUT2D eigenvalue weighted by molar-refractivity contribution is 7.98. The average molecular weight is 177 g/mol. The van der Waals surface area contributed by atoms with Crippen LogP contribution in [0.4, 0.5) is 0 Å². The Morgan fingerprint density at radius 2 is 2.25 bits per heavy atom. The second kappa shape index (κ2) is 2.87. The molecule has 2 rings (SSSR count). The van der Waals surface area contributed by atoms with E-state index in [1.165, 1.54) is 10.5 Å². The lowest BCUT2D eigenvalue weighted by atomic mass is 10.1. The van der Waals surface area contributed by atoms with Crippen molar-refractivity contribution in [1.29, 1.82) is 0 Å². The molecule has 0 spiro atoms. The highest BCUT2D eigenvalue weighted by Crippen LogP contribution is 2.36. The van der Waals surface area contributed by atoms with Gasteiger partial charge in [0.15, 0.2) is 0 Å². The van der Waals surface area contributed by atoms with Crippen molar-refractivity contribution in [1.82, 2.24) is 0 Å². The van der Waals surface area contributed by atoms with Crippen LogP contribution in [0, 0.1) is 6.92 Å². The molecule has 0 atom stereocenters. The standard InChI is InChI=1S/C10H9OS/c1-7-5-10(12-2)9-6-11-4-3-8(7)9/h3-6H,1H2,2H3. The second-order valence-electron chi connectivity index (χ2n) is 2.62. The van der Waals surface area contributed by atoms with Crippen LogP contribution in [0.15, 0.2) is 34.0 Å². The minimum Gasteiger partial charge on any atom is -0.472 e. The Balaban J connectivity index is 2.70. The Morgan fingerprint density at radius 3 is 3.00 bits per heavy atom. The Hall–Kier alpha value is -0.890. The van der Waals surface area contributed by atoms with Gasteiger partial charge in [-0.2, -0.15) is 0 Å². The highest BCUT2D eigenvalue weighted by atomic mass is 32.2. The van der Waals surface area contributed by atoms with E-state index in [2.05, 4.69) is 19.2 Å². The predicted molar refractivity (Wildman–Crippen MR) is 51.6 cm³/mol. The van der Waals surface area contributed by atoms with Crippen LogP contribution in [-0.2, 0) is 0 Å². The molecule has 0 bridgehead atoms. The zero-order chi connectivity index (χ0) is 8.55. The maximum Gasteiger partial charge on any atom is 0.0991 e. The number of hydrogen-bond acceptors (Lipinski definition) is 2. The van der Waals surface area contributed by atoms with Crippen molar-refractivity contribution in [2.75, 3.05) is 6.26 Å². The fourth-order valence-corrected chi connectivity index (χ4v) is 1.96. The fraction of sp³-hybridized carbons (Fsp3) is 0.100. The van der Waals surface area contributed by atoms with Crippen LogP contribution < -0.4 is 0 Å². The first-order chi connectivity index (χ1) is 5.83. The zero-order valence-electron chi connectivity index (χ0n) is 6.83. The lowest BCUT2D eigenvalue weighted by Gasteiger charge is -1.99. The normalized spacial score (nSPS) is 10.8. The summed E-state index contributed by atoms with van der Waals surface area (Å²) in [6.07, 6.45) is 5.51. The third-order valence-electron chi connectivity index (χ3n) is 1.93. The van der Waals surface area contributed by atoms with Gasteiger partial charge in [0.2, 0.25) is 0 Å². The summed E-state index contributed by atoms with van der Waals surface area (Å²) in [5.74, 6) is 0. The number of rotatable bonds is 1. The van der Waals surface area contributed by atoms with Crippen molar-refractivity contribution < 1.29 is 4.42 Å². The van der Waals surface area contributed by atoms with E-state index in [1.54, 1.807) is 24.3 Å². The van der Waals surface area contributed by atoms with Gasteiger partial charge in [0, 0.05) is 10.5 Å². The molecule has 2 aliphatic rings. The molecule has 12 heavy (non-hydrogen) atoms. The van der Waals surface area contributed by atoms with Crippen LogP contribution in [0.2, 0.25) is 0 Å². The lowest BCUT2D eigenvalue weighted by Crippen LogP contribution is -1.74. The van der Waals surface area contributed by atoms with Crippen LogP contribution in [0.5, 0.6) is 0 Å². The second-order valence-corrected chi connectivity index (χ2v) is 3.47. The first-order valence-electron chi connectivity index (χ1n) is 3.68. The molecule has 0 aromatic rings. The smallest absolute Gasteiger partial charge is 0.0991 e. The van der Waals surface area contributed by atoms with Gasteiger partial charge in [-0.25, -0.2) is 0 Å². The van der Waals surface area contributed by atoms with Crippen molar-refractivity contribution in [3.8, 4) is 11.1 Å². The van der Waals surface area contributed by atoms with Crippen molar-refractivity contribution in [2.24, 2.45) is 0 Å². The molecule has 61 valence electrons. The summed E-state index contributed by atoms with van der Waals surface area (Å²) >= 11 is 1.72. The molecule has 0 fully saturated rings. The van der Waals surface area contributed by atoms with Gasteiger partial charge in [-0.15, -0.1) is 11.8 Å². The fourth-order valence-electron chi connectivity index (χ4n) is 1.32. The van der Waals surface area contributed by atoms with Gasteiger partial charge in [-0.05, 0) is 36.4 Å². The minimum absolute atomic E-state index is 1.07. The molecule has 0 N–H and O–H groups in total. The highest BCUT2D eigenvalue weighted by Gasteiger charge is 2.12. The summed E-state index contributed by atoms with van der Waals surface area (Å²) in [7, 11) is 0. The van der Waals surface area contributed by atoms with E-state index in [4.69, 9.17) is 4.42 Å². The molecule has 0 saturated heterocycles. The van der Waals surface area contributed by atoms with E-state index in [1.807, 2.05) is 6.07 Å². The molecule has 1 nitrogen and oxygen atoms in total. The van der Waals surface area contributed by atoms with Crippen LogP contribution >= 0.6 is 11.8 Å². The van der Waals surface area contributed by atoms with Gasteiger partial charge in [0.05, 0.1) is 12.5 Å². The van der Waals surface area contributed by atoms with E-state index >= 15 is 0 Å². The summed E-state index contributed by atoms with van der Waals surface area (Å²) < 4.78 is 5.11. The summed E-state index contributed by atoms with van der Waals surface area (Å²) in [5, 5.41) is 0. The first kappa shape index (κ1) is 7.74. The van der Waals surface area contributed by atoms with Gasteiger partial charge in [0.25, 0.3) is 0 Å². The molecule has 2 heteroatoms.